The Kier molecular flexibility index (Phi) is 13.1. The van der Waals surface area contributed by atoms with E-state index in [1.54, 1.807) is 0 Å². The van der Waals surface area contributed by atoms with E-state index in [0.29, 0.717) is 0 Å². The predicted molar refractivity (Wildman–Crippen MR) is 42.2 cm³/mol. The number of rotatable bonds is 4. The van der Waals surface area contributed by atoms with Gasteiger partial charge < -0.3 is 32.1 Å². The second kappa shape index (κ2) is 8.29. The van der Waals surface area contributed by atoms with Crippen LogP contribution in [0.1, 0.15) is 0 Å². The fourth-order valence-corrected chi connectivity index (χ4v) is 0.805. The summed E-state index contributed by atoms with van der Waals surface area (Å²) in [7, 11) is -2.20. The van der Waals surface area contributed by atoms with Crippen LogP contribution >= 0.6 is 7.26 Å². The summed E-state index contributed by atoms with van der Waals surface area (Å²) in [4.78, 5) is 0. The van der Waals surface area contributed by atoms with Crippen LogP contribution < -0.4 is 6.15 Å². The molecule has 0 bridgehead atoms. The Morgan fingerprint density at radius 3 is 0.909 bits per heavy atom. The van der Waals surface area contributed by atoms with Crippen LogP contribution in [0.2, 0.25) is 0 Å². The average molecular weight is 189 g/mol. The lowest BCUT2D eigenvalue weighted by atomic mass is 11.6. The number of hydrogen-bond acceptors (Lipinski definition) is 6. The van der Waals surface area contributed by atoms with Crippen molar-refractivity contribution in [3.63, 3.8) is 0 Å². The molecule has 0 saturated heterocycles. The Morgan fingerprint density at radius 1 is 0.727 bits per heavy atom. The molecule has 0 aliphatic carbocycles. The molecule has 0 rings (SSSR count). The molecule has 0 heterocycles. The number of hydrogen-bond donors (Lipinski definition) is 5. The highest BCUT2D eigenvalue weighted by molar-refractivity contribution is 7.75. The first-order valence-corrected chi connectivity index (χ1v) is 5.06. The van der Waals surface area contributed by atoms with Crippen molar-refractivity contribution in [3.8, 4) is 0 Å². The number of aliphatic hydroxyl groups is 4. The van der Waals surface area contributed by atoms with Gasteiger partial charge in [-0.3, -0.25) is 0 Å². The molecule has 0 aliphatic heterocycles. The van der Waals surface area contributed by atoms with Gasteiger partial charge in [0.25, 0.3) is 0 Å². The predicted octanol–water partition coefficient (Wildman–Crippen LogP) is -1.21. The highest BCUT2D eigenvalue weighted by atomic mass is 31.2. The lowest BCUT2D eigenvalue weighted by Gasteiger charge is -2.15. The van der Waals surface area contributed by atoms with E-state index in [9.17, 15) is 0 Å². The first-order valence-electron chi connectivity index (χ1n) is 2.53. The van der Waals surface area contributed by atoms with Gasteiger partial charge >= 0.3 is 0 Å². The zero-order valence-corrected chi connectivity index (χ0v) is 7.11. The summed E-state index contributed by atoms with van der Waals surface area (Å²) in [5.74, 6) is 0. The molecule has 7 heteroatoms. The van der Waals surface area contributed by atoms with Gasteiger partial charge in [0.2, 0.25) is 0 Å². The molecular weight excluding hydrogens is 173 g/mol. The van der Waals surface area contributed by atoms with Gasteiger partial charge in [-0.15, -0.1) is 0 Å². The average Bonchev–Trinajstić information content (AvgIpc) is 1.95. The van der Waals surface area contributed by atoms with Gasteiger partial charge in [0.15, 0.2) is 25.4 Å². The van der Waals surface area contributed by atoms with Gasteiger partial charge in [-0.25, -0.2) is 0 Å². The standard InChI is InChI=1S/C4H12O4P.H3N.H2O/c5-1-9(2-6,3-7)4-8;;/h5-8H,1-4H2;1H3;1H2/q+1;;/p-1. The van der Waals surface area contributed by atoms with Crippen LogP contribution in [-0.2, 0) is 0 Å². The van der Waals surface area contributed by atoms with E-state index >= 15 is 0 Å². The van der Waals surface area contributed by atoms with Crippen LogP contribution in [0.25, 0.3) is 0 Å². The molecule has 0 spiro atoms. The molecule has 0 unspecified atom stereocenters. The molecular formula is C4H16NO5P. The van der Waals surface area contributed by atoms with Crippen LogP contribution in [0, 0.1) is 0 Å². The molecule has 0 amide bonds. The summed E-state index contributed by atoms with van der Waals surface area (Å²) in [6.07, 6.45) is -1.18. The minimum atomic E-state index is -2.20. The van der Waals surface area contributed by atoms with E-state index in [1.807, 2.05) is 0 Å². The molecule has 0 radical (unpaired) electrons. The summed E-state index contributed by atoms with van der Waals surface area (Å²) in [5.41, 5.74) is 0. The quantitative estimate of drug-likeness (QED) is 0.350. The number of aliphatic hydroxyl groups excluding tert-OH is 4. The molecule has 11 heavy (non-hydrogen) atoms. The minimum absolute atomic E-state index is 0. The largest absolute Gasteiger partial charge is 0.870 e. The van der Waals surface area contributed by atoms with Crippen molar-refractivity contribution in [2.24, 2.45) is 0 Å². The monoisotopic (exact) mass is 189 g/mol. The molecule has 0 aromatic heterocycles. The molecule has 0 atom stereocenters. The second-order valence-electron chi connectivity index (χ2n) is 1.91. The van der Waals surface area contributed by atoms with E-state index in [-0.39, 0.29) is 37.0 Å². The molecule has 0 saturated carbocycles. The summed E-state index contributed by atoms with van der Waals surface area (Å²) in [5, 5.41) is 34.2. The van der Waals surface area contributed by atoms with Gasteiger partial charge in [0.1, 0.15) is 7.26 Å². The van der Waals surface area contributed by atoms with Crippen molar-refractivity contribution in [3.05, 3.63) is 0 Å². The van der Waals surface area contributed by atoms with Crippen molar-refractivity contribution < 1.29 is 25.9 Å². The van der Waals surface area contributed by atoms with E-state index in [0.717, 1.165) is 0 Å². The summed E-state index contributed by atoms with van der Waals surface area (Å²) < 4.78 is 0. The SMILES string of the molecule is N.OC[P+](CO)(CO)CO.[OH-]. The molecule has 0 aliphatic rings. The van der Waals surface area contributed by atoms with Gasteiger partial charge in [-0.1, -0.05) is 0 Å². The molecule has 0 fully saturated rings. The molecule has 0 aromatic carbocycles. The molecule has 72 valence electrons. The lowest BCUT2D eigenvalue weighted by Crippen LogP contribution is -2.10. The Morgan fingerprint density at radius 2 is 0.909 bits per heavy atom. The maximum absolute atomic E-state index is 8.55. The second-order valence-corrected chi connectivity index (χ2v) is 5.72. The topological polar surface area (TPSA) is 146 Å². The first-order chi connectivity index (χ1) is 4.24. The van der Waals surface area contributed by atoms with Crippen molar-refractivity contribution in [2.45, 2.75) is 0 Å². The summed E-state index contributed by atoms with van der Waals surface area (Å²) >= 11 is 0. The third-order valence-electron chi connectivity index (χ3n) is 1.20. The molecule has 8 N–H and O–H groups in total. The summed E-state index contributed by atoms with van der Waals surface area (Å²) in [6, 6.07) is 0. The Labute approximate surface area is 65.7 Å². The summed E-state index contributed by atoms with van der Waals surface area (Å²) in [6.45, 7) is 0. The fraction of sp³-hybridized carbons (Fsp3) is 1.00. The highest BCUT2D eigenvalue weighted by Gasteiger charge is 2.34. The third-order valence-corrected chi connectivity index (χ3v) is 3.60. The van der Waals surface area contributed by atoms with Crippen molar-refractivity contribution in [2.75, 3.05) is 25.4 Å². The van der Waals surface area contributed by atoms with E-state index in [4.69, 9.17) is 20.4 Å². The van der Waals surface area contributed by atoms with Gasteiger partial charge in [-0.2, -0.15) is 0 Å². The van der Waals surface area contributed by atoms with Gasteiger partial charge in [0.05, 0.1) is 0 Å². The molecule has 0 aromatic rings. The van der Waals surface area contributed by atoms with Crippen molar-refractivity contribution in [1.29, 1.82) is 0 Å². The van der Waals surface area contributed by atoms with Gasteiger partial charge in [-0.05, 0) is 0 Å². The van der Waals surface area contributed by atoms with Crippen LogP contribution in [0.15, 0.2) is 0 Å². The van der Waals surface area contributed by atoms with Crippen molar-refractivity contribution >= 4 is 7.26 Å². The third kappa shape index (κ3) is 4.60. The Hall–Kier alpha value is 0.190. The van der Waals surface area contributed by atoms with Crippen LogP contribution in [0.4, 0.5) is 0 Å². The fourth-order valence-electron chi connectivity index (χ4n) is 0.268. The van der Waals surface area contributed by atoms with Crippen LogP contribution in [-0.4, -0.2) is 51.3 Å². The van der Waals surface area contributed by atoms with E-state index in [2.05, 4.69) is 0 Å². The van der Waals surface area contributed by atoms with E-state index in [1.165, 1.54) is 0 Å². The smallest absolute Gasteiger partial charge is 0.161 e. The van der Waals surface area contributed by atoms with Gasteiger partial charge in [0, 0.05) is 0 Å². The maximum Gasteiger partial charge on any atom is 0.161 e. The lowest BCUT2D eigenvalue weighted by molar-refractivity contribution is 0.288. The van der Waals surface area contributed by atoms with E-state index < -0.39 is 7.26 Å². The highest BCUT2D eigenvalue weighted by Crippen LogP contribution is 2.54. The van der Waals surface area contributed by atoms with Crippen LogP contribution in [0.3, 0.4) is 0 Å². The molecule has 6 nitrogen and oxygen atoms in total. The first kappa shape index (κ1) is 17.3. The Balaban J connectivity index is -0.000000320. The Bertz CT molecular complexity index is 61.4. The normalized spacial score (nSPS) is 9.82. The minimum Gasteiger partial charge on any atom is -0.870 e. The zero-order chi connectivity index (χ0) is 7.33. The maximum atomic E-state index is 8.55. The van der Waals surface area contributed by atoms with Crippen molar-refractivity contribution in [1.82, 2.24) is 6.15 Å². The zero-order valence-electron chi connectivity index (χ0n) is 6.22. The van der Waals surface area contributed by atoms with Crippen LogP contribution in [0.5, 0.6) is 0 Å².